The number of nitrogens with zero attached hydrogens (tertiary/aromatic N) is 1. The summed E-state index contributed by atoms with van der Waals surface area (Å²) in [6, 6.07) is 8.45. The standard InChI is InChI=1S/C20H22BrN3O5S/c1-11(2)18(19(25)22-13-5-7-15(21)12(3)9-13)23-30(27,28)14-6-8-16-17(10-14)29-20(26)24(16)4/h5-11,18,23H,1-4H3,(H,22,25). The first-order valence-electron chi connectivity index (χ1n) is 9.18. The topological polar surface area (TPSA) is 110 Å². The highest BCUT2D eigenvalue weighted by Gasteiger charge is 2.29. The summed E-state index contributed by atoms with van der Waals surface area (Å²) < 4.78 is 35.5. The molecule has 0 aliphatic rings. The van der Waals surface area contributed by atoms with Crippen LogP contribution in [0.2, 0.25) is 0 Å². The minimum Gasteiger partial charge on any atom is -0.408 e. The molecule has 3 aromatic rings. The number of oxazole rings is 1. The van der Waals surface area contributed by atoms with Crippen LogP contribution in [0.5, 0.6) is 0 Å². The third-order valence-electron chi connectivity index (χ3n) is 4.73. The molecular formula is C20H22BrN3O5S. The van der Waals surface area contributed by atoms with Crippen molar-refractivity contribution in [2.75, 3.05) is 5.32 Å². The van der Waals surface area contributed by atoms with Gasteiger partial charge >= 0.3 is 5.76 Å². The minimum atomic E-state index is -4.04. The van der Waals surface area contributed by atoms with E-state index in [4.69, 9.17) is 4.42 Å². The molecule has 0 saturated heterocycles. The molecule has 1 aromatic heterocycles. The van der Waals surface area contributed by atoms with E-state index in [1.54, 1.807) is 26.0 Å². The van der Waals surface area contributed by atoms with E-state index in [0.717, 1.165) is 10.0 Å². The molecule has 3 rings (SSSR count). The van der Waals surface area contributed by atoms with Gasteiger partial charge in [-0.15, -0.1) is 0 Å². The first kappa shape index (κ1) is 22.3. The molecule has 8 nitrogen and oxygen atoms in total. The van der Waals surface area contributed by atoms with Crippen LogP contribution in [0.4, 0.5) is 5.69 Å². The Bertz CT molecular complexity index is 1280. The van der Waals surface area contributed by atoms with Gasteiger partial charge in [0.25, 0.3) is 0 Å². The smallest absolute Gasteiger partial charge is 0.408 e. The normalized spacial score (nSPS) is 13.0. The number of aromatic nitrogens is 1. The fourth-order valence-electron chi connectivity index (χ4n) is 2.95. The van der Waals surface area contributed by atoms with Gasteiger partial charge in [0.2, 0.25) is 15.9 Å². The summed E-state index contributed by atoms with van der Waals surface area (Å²) in [6.07, 6.45) is 0. The van der Waals surface area contributed by atoms with Crippen molar-refractivity contribution in [2.45, 2.75) is 31.7 Å². The zero-order valence-electron chi connectivity index (χ0n) is 16.9. The van der Waals surface area contributed by atoms with Crippen molar-refractivity contribution in [2.24, 2.45) is 13.0 Å². The molecule has 0 aliphatic carbocycles. The van der Waals surface area contributed by atoms with Gasteiger partial charge in [-0.25, -0.2) is 13.2 Å². The number of nitrogens with one attached hydrogen (secondary N) is 2. The number of halogens is 1. The van der Waals surface area contributed by atoms with Crippen LogP contribution in [0.25, 0.3) is 11.1 Å². The van der Waals surface area contributed by atoms with E-state index in [1.807, 2.05) is 13.0 Å². The Morgan fingerprint density at radius 2 is 1.87 bits per heavy atom. The van der Waals surface area contributed by atoms with Gasteiger partial charge in [0.1, 0.15) is 6.04 Å². The Morgan fingerprint density at radius 3 is 2.50 bits per heavy atom. The molecule has 30 heavy (non-hydrogen) atoms. The molecule has 1 amide bonds. The summed E-state index contributed by atoms with van der Waals surface area (Å²) in [5, 5.41) is 2.76. The van der Waals surface area contributed by atoms with E-state index in [0.29, 0.717) is 11.2 Å². The summed E-state index contributed by atoms with van der Waals surface area (Å²) in [7, 11) is -2.51. The largest absolute Gasteiger partial charge is 0.419 e. The lowest BCUT2D eigenvalue weighted by atomic mass is 10.0. The second-order valence-corrected chi connectivity index (χ2v) is 9.92. The highest BCUT2D eigenvalue weighted by molar-refractivity contribution is 9.10. The van der Waals surface area contributed by atoms with E-state index in [2.05, 4.69) is 26.0 Å². The van der Waals surface area contributed by atoms with Gasteiger partial charge in [0, 0.05) is 23.3 Å². The number of amides is 1. The second kappa shape index (κ2) is 8.37. The third-order valence-corrected chi connectivity index (χ3v) is 7.06. The molecule has 0 radical (unpaired) electrons. The molecule has 2 N–H and O–H groups in total. The van der Waals surface area contributed by atoms with E-state index in [-0.39, 0.29) is 16.4 Å². The second-order valence-electron chi connectivity index (χ2n) is 7.35. The van der Waals surface area contributed by atoms with Crippen LogP contribution in [0, 0.1) is 12.8 Å². The van der Waals surface area contributed by atoms with Crippen LogP contribution in [0.15, 0.2) is 55.0 Å². The van der Waals surface area contributed by atoms with Crippen molar-refractivity contribution in [3.05, 3.63) is 57.0 Å². The molecule has 0 fully saturated rings. The molecular weight excluding hydrogens is 474 g/mol. The summed E-state index contributed by atoms with van der Waals surface area (Å²) >= 11 is 3.40. The molecule has 1 heterocycles. The van der Waals surface area contributed by atoms with E-state index in [9.17, 15) is 18.0 Å². The van der Waals surface area contributed by atoms with Gasteiger partial charge in [0.05, 0.1) is 10.4 Å². The van der Waals surface area contributed by atoms with Crippen LogP contribution in [-0.4, -0.2) is 24.9 Å². The molecule has 0 bridgehead atoms. The molecule has 1 unspecified atom stereocenters. The van der Waals surface area contributed by atoms with Crippen LogP contribution in [-0.2, 0) is 21.9 Å². The lowest BCUT2D eigenvalue weighted by Gasteiger charge is -2.22. The summed E-state index contributed by atoms with van der Waals surface area (Å²) in [5.41, 5.74) is 2.13. The lowest BCUT2D eigenvalue weighted by Crippen LogP contribution is -2.47. The number of hydrogen-bond donors (Lipinski definition) is 2. The average Bonchev–Trinajstić information content (AvgIpc) is 2.96. The Balaban J connectivity index is 1.86. The van der Waals surface area contributed by atoms with Gasteiger partial charge in [-0.05, 0) is 48.7 Å². The highest BCUT2D eigenvalue weighted by atomic mass is 79.9. The molecule has 2 aromatic carbocycles. The predicted molar refractivity (Wildman–Crippen MR) is 118 cm³/mol. The van der Waals surface area contributed by atoms with Crippen molar-refractivity contribution in [1.82, 2.24) is 9.29 Å². The highest BCUT2D eigenvalue weighted by Crippen LogP contribution is 2.22. The van der Waals surface area contributed by atoms with Crippen LogP contribution in [0.1, 0.15) is 19.4 Å². The maximum atomic E-state index is 12.9. The van der Waals surface area contributed by atoms with E-state index in [1.165, 1.54) is 29.8 Å². The molecule has 1 atom stereocenters. The Labute approximate surface area is 182 Å². The number of benzene rings is 2. The molecule has 0 aliphatic heterocycles. The first-order chi connectivity index (χ1) is 14.0. The van der Waals surface area contributed by atoms with Gasteiger partial charge in [-0.2, -0.15) is 4.72 Å². The molecule has 160 valence electrons. The molecule has 0 saturated carbocycles. The predicted octanol–water partition coefficient (Wildman–Crippen LogP) is 3.14. The van der Waals surface area contributed by atoms with E-state index >= 15 is 0 Å². The summed E-state index contributed by atoms with van der Waals surface area (Å²) in [5.74, 6) is -1.37. The number of rotatable bonds is 6. The summed E-state index contributed by atoms with van der Waals surface area (Å²) in [6.45, 7) is 5.39. The lowest BCUT2D eigenvalue weighted by molar-refractivity contribution is -0.118. The van der Waals surface area contributed by atoms with Crippen molar-refractivity contribution in [3.8, 4) is 0 Å². The number of carbonyl (C=O) groups is 1. The number of hydrogen-bond acceptors (Lipinski definition) is 5. The number of sulfonamides is 1. The van der Waals surface area contributed by atoms with E-state index < -0.39 is 27.7 Å². The Kier molecular flexibility index (Phi) is 6.21. The zero-order valence-corrected chi connectivity index (χ0v) is 19.3. The number of anilines is 1. The molecule has 10 heteroatoms. The van der Waals surface area contributed by atoms with Crippen molar-refractivity contribution in [1.29, 1.82) is 0 Å². The van der Waals surface area contributed by atoms with Crippen molar-refractivity contribution < 1.29 is 17.6 Å². The fourth-order valence-corrected chi connectivity index (χ4v) is 4.56. The van der Waals surface area contributed by atoms with Crippen LogP contribution >= 0.6 is 15.9 Å². The fraction of sp³-hybridized carbons (Fsp3) is 0.300. The van der Waals surface area contributed by atoms with Gasteiger partial charge in [-0.1, -0.05) is 29.8 Å². The maximum Gasteiger partial charge on any atom is 0.419 e. The summed E-state index contributed by atoms with van der Waals surface area (Å²) in [4.78, 5) is 24.4. The van der Waals surface area contributed by atoms with Crippen molar-refractivity contribution >= 4 is 48.6 Å². The first-order valence-corrected chi connectivity index (χ1v) is 11.5. The van der Waals surface area contributed by atoms with Crippen LogP contribution in [0.3, 0.4) is 0 Å². The Morgan fingerprint density at radius 1 is 1.17 bits per heavy atom. The zero-order chi connectivity index (χ0) is 22.2. The van der Waals surface area contributed by atoms with Crippen LogP contribution < -0.4 is 15.8 Å². The number of carbonyl (C=O) groups excluding carboxylic acids is 1. The Hall–Kier alpha value is -2.43. The average molecular weight is 496 g/mol. The minimum absolute atomic E-state index is 0.0951. The van der Waals surface area contributed by atoms with Gasteiger partial charge < -0.3 is 9.73 Å². The SMILES string of the molecule is Cc1cc(NC(=O)C(NS(=O)(=O)c2ccc3c(c2)oc(=O)n3C)C(C)C)ccc1Br. The van der Waals surface area contributed by atoms with Gasteiger partial charge in [-0.3, -0.25) is 9.36 Å². The third kappa shape index (κ3) is 4.50. The molecule has 0 spiro atoms. The maximum absolute atomic E-state index is 12.9. The van der Waals surface area contributed by atoms with Crippen molar-refractivity contribution in [3.63, 3.8) is 0 Å². The quantitative estimate of drug-likeness (QED) is 0.545. The number of aryl methyl sites for hydroxylation is 2. The van der Waals surface area contributed by atoms with Gasteiger partial charge in [0.15, 0.2) is 5.58 Å². The number of fused-ring (bicyclic) bond motifs is 1. The monoisotopic (exact) mass is 495 g/mol.